The van der Waals surface area contributed by atoms with E-state index in [2.05, 4.69) is 19.2 Å². The highest BCUT2D eigenvalue weighted by atomic mass is 19.1. The van der Waals surface area contributed by atoms with E-state index < -0.39 is 0 Å². The zero-order valence-corrected chi connectivity index (χ0v) is 12.9. The lowest BCUT2D eigenvalue weighted by Crippen LogP contribution is -2.50. The number of amides is 1. The fourth-order valence-corrected chi connectivity index (χ4v) is 2.92. The summed E-state index contributed by atoms with van der Waals surface area (Å²) in [5.41, 5.74) is 0.487. The number of hydrogen-bond donors (Lipinski definition) is 1. The van der Waals surface area contributed by atoms with Crippen LogP contribution in [0.15, 0.2) is 24.3 Å². The van der Waals surface area contributed by atoms with Crippen LogP contribution in [0, 0.1) is 11.7 Å². The minimum absolute atomic E-state index is 0.0286. The van der Waals surface area contributed by atoms with E-state index in [-0.39, 0.29) is 18.1 Å². The molecule has 1 aromatic carbocycles. The van der Waals surface area contributed by atoms with E-state index in [4.69, 9.17) is 0 Å². The second kappa shape index (κ2) is 7.55. The third-order valence-electron chi connectivity index (χ3n) is 4.21. The summed E-state index contributed by atoms with van der Waals surface area (Å²) in [7, 11) is 0. The molecule has 0 aliphatic carbocycles. The van der Waals surface area contributed by atoms with E-state index in [0.29, 0.717) is 17.5 Å². The number of rotatable bonds is 5. The number of halogens is 1. The van der Waals surface area contributed by atoms with Crippen LogP contribution in [0.4, 0.5) is 4.39 Å². The van der Waals surface area contributed by atoms with Gasteiger partial charge in [0.15, 0.2) is 0 Å². The van der Waals surface area contributed by atoms with Gasteiger partial charge in [-0.15, -0.1) is 0 Å². The van der Waals surface area contributed by atoms with Gasteiger partial charge in [0.1, 0.15) is 5.82 Å². The van der Waals surface area contributed by atoms with Crippen LogP contribution in [0.5, 0.6) is 0 Å². The fourth-order valence-electron chi connectivity index (χ4n) is 2.92. The Morgan fingerprint density at radius 3 is 2.86 bits per heavy atom. The van der Waals surface area contributed by atoms with Crippen molar-refractivity contribution in [3.05, 3.63) is 35.6 Å². The number of carbonyl (C=O) groups excluding carboxylic acids is 1. The number of benzene rings is 1. The third kappa shape index (κ3) is 4.27. The van der Waals surface area contributed by atoms with Gasteiger partial charge in [-0.1, -0.05) is 32.0 Å². The molecule has 1 aliphatic rings. The second-order valence-corrected chi connectivity index (χ2v) is 5.93. The Morgan fingerprint density at radius 2 is 2.19 bits per heavy atom. The van der Waals surface area contributed by atoms with E-state index in [1.807, 2.05) is 4.90 Å². The Morgan fingerprint density at radius 1 is 1.43 bits per heavy atom. The number of carbonyl (C=O) groups is 1. The number of nitrogens with zero attached hydrogens (tertiary/aromatic N) is 1. The van der Waals surface area contributed by atoms with Gasteiger partial charge >= 0.3 is 0 Å². The smallest absolute Gasteiger partial charge is 0.227 e. The van der Waals surface area contributed by atoms with Gasteiger partial charge in [-0.2, -0.15) is 0 Å². The Hall–Kier alpha value is -1.42. The standard InChI is InChI=1S/C17H25FN2O/c1-3-9-19-16-8-10-20(12-13(16)2)17(21)11-14-6-4-5-7-15(14)18/h4-7,13,16,19H,3,8-12H2,1-2H3. The first-order valence-electron chi connectivity index (χ1n) is 7.86. The van der Waals surface area contributed by atoms with Crippen LogP contribution in [-0.2, 0) is 11.2 Å². The molecule has 2 rings (SSSR count). The monoisotopic (exact) mass is 292 g/mol. The molecule has 1 N–H and O–H groups in total. The minimum Gasteiger partial charge on any atom is -0.342 e. The molecule has 2 atom stereocenters. The van der Waals surface area contributed by atoms with E-state index >= 15 is 0 Å². The highest BCUT2D eigenvalue weighted by Gasteiger charge is 2.28. The van der Waals surface area contributed by atoms with Crippen molar-refractivity contribution in [2.75, 3.05) is 19.6 Å². The molecular weight excluding hydrogens is 267 g/mol. The average molecular weight is 292 g/mol. The predicted octanol–water partition coefficient (Wildman–Crippen LogP) is 2.60. The van der Waals surface area contributed by atoms with E-state index in [9.17, 15) is 9.18 Å². The van der Waals surface area contributed by atoms with Gasteiger partial charge < -0.3 is 10.2 Å². The van der Waals surface area contributed by atoms with Crippen LogP contribution in [-0.4, -0.2) is 36.5 Å². The van der Waals surface area contributed by atoms with Gasteiger partial charge in [-0.05, 0) is 36.9 Å². The highest BCUT2D eigenvalue weighted by molar-refractivity contribution is 5.79. The quantitative estimate of drug-likeness (QED) is 0.905. The van der Waals surface area contributed by atoms with Gasteiger partial charge in [0.2, 0.25) is 5.91 Å². The van der Waals surface area contributed by atoms with E-state index in [1.165, 1.54) is 6.07 Å². The van der Waals surface area contributed by atoms with Crippen LogP contribution >= 0.6 is 0 Å². The Kier molecular flexibility index (Phi) is 5.74. The summed E-state index contributed by atoms with van der Waals surface area (Å²) in [4.78, 5) is 14.2. The minimum atomic E-state index is -0.293. The Bertz CT molecular complexity index is 478. The molecule has 0 radical (unpaired) electrons. The van der Waals surface area contributed by atoms with Crippen molar-refractivity contribution in [2.45, 2.75) is 39.2 Å². The lowest BCUT2D eigenvalue weighted by atomic mass is 9.93. The van der Waals surface area contributed by atoms with Crippen LogP contribution < -0.4 is 5.32 Å². The lowest BCUT2D eigenvalue weighted by molar-refractivity contribution is -0.132. The molecule has 1 fully saturated rings. The summed E-state index contributed by atoms with van der Waals surface area (Å²) >= 11 is 0. The molecule has 21 heavy (non-hydrogen) atoms. The molecule has 1 aliphatic heterocycles. The van der Waals surface area contributed by atoms with Crippen LogP contribution in [0.25, 0.3) is 0 Å². The number of piperidine rings is 1. The average Bonchev–Trinajstić information content (AvgIpc) is 2.48. The molecule has 1 heterocycles. The van der Waals surface area contributed by atoms with Crippen molar-refractivity contribution in [2.24, 2.45) is 5.92 Å². The molecule has 4 heteroatoms. The van der Waals surface area contributed by atoms with Gasteiger partial charge in [0.25, 0.3) is 0 Å². The molecule has 0 spiro atoms. The first-order chi connectivity index (χ1) is 10.1. The van der Waals surface area contributed by atoms with Crippen molar-refractivity contribution < 1.29 is 9.18 Å². The van der Waals surface area contributed by atoms with Crippen molar-refractivity contribution in [3.8, 4) is 0 Å². The van der Waals surface area contributed by atoms with Gasteiger partial charge in [0, 0.05) is 19.1 Å². The number of nitrogens with one attached hydrogen (secondary N) is 1. The van der Waals surface area contributed by atoms with Gasteiger partial charge in [0.05, 0.1) is 6.42 Å². The van der Waals surface area contributed by atoms with Crippen molar-refractivity contribution in [1.82, 2.24) is 10.2 Å². The number of likely N-dealkylation sites (tertiary alicyclic amines) is 1. The maximum absolute atomic E-state index is 13.6. The predicted molar refractivity (Wildman–Crippen MR) is 82.5 cm³/mol. The Labute approximate surface area is 126 Å². The van der Waals surface area contributed by atoms with Crippen LogP contribution in [0.2, 0.25) is 0 Å². The molecule has 116 valence electrons. The number of hydrogen-bond acceptors (Lipinski definition) is 2. The first-order valence-corrected chi connectivity index (χ1v) is 7.86. The summed E-state index contributed by atoms with van der Waals surface area (Å²) in [6.45, 7) is 6.88. The molecule has 1 aromatic rings. The van der Waals surface area contributed by atoms with Gasteiger partial charge in [-0.25, -0.2) is 4.39 Å². The molecule has 3 nitrogen and oxygen atoms in total. The van der Waals surface area contributed by atoms with E-state index in [0.717, 1.165) is 32.5 Å². The molecular formula is C17H25FN2O. The summed E-state index contributed by atoms with van der Waals surface area (Å²) in [5, 5.41) is 3.54. The topological polar surface area (TPSA) is 32.3 Å². The van der Waals surface area contributed by atoms with Crippen LogP contribution in [0.1, 0.15) is 32.3 Å². The summed E-state index contributed by atoms with van der Waals surface area (Å²) in [6.07, 6.45) is 2.26. The van der Waals surface area contributed by atoms with Crippen LogP contribution in [0.3, 0.4) is 0 Å². The van der Waals surface area contributed by atoms with Crippen molar-refractivity contribution in [1.29, 1.82) is 0 Å². The first kappa shape index (κ1) is 16.0. The fraction of sp³-hybridized carbons (Fsp3) is 0.588. The summed E-state index contributed by atoms with van der Waals surface area (Å²) < 4.78 is 13.6. The molecule has 2 unspecified atom stereocenters. The Balaban J connectivity index is 1.89. The van der Waals surface area contributed by atoms with E-state index in [1.54, 1.807) is 18.2 Å². The highest BCUT2D eigenvalue weighted by Crippen LogP contribution is 2.18. The summed E-state index contributed by atoms with van der Waals surface area (Å²) in [6, 6.07) is 7.01. The van der Waals surface area contributed by atoms with Crippen molar-refractivity contribution in [3.63, 3.8) is 0 Å². The SMILES string of the molecule is CCCNC1CCN(C(=O)Cc2ccccc2F)CC1C. The zero-order chi connectivity index (χ0) is 15.2. The summed E-state index contributed by atoms with van der Waals surface area (Å²) in [5.74, 6) is 0.175. The lowest BCUT2D eigenvalue weighted by Gasteiger charge is -2.37. The third-order valence-corrected chi connectivity index (χ3v) is 4.21. The van der Waals surface area contributed by atoms with Gasteiger partial charge in [-0.3, -0.25) is 4.79 Å². The largest absolute Gasteiger partial charge is 0.342 e. The molecule has 1 saturated heterocycles. The molecule has 1 amide bonds. The maximum atomic E-state index is 13.6. The second-order valence-electron chi connectivity index (χ2n) is 5.93. The normalized spacial score (nSPS) is 22.3. The molecule has 0 saturated carbocycles. The van der Waals surface area contributed by atoms with Crippen molar-refractivity contribution >= 4 is 5.91 Å². The molecule has 0 aromatic heterocycles. The maximum Gasteiger partial charge on any atom is 0.227 e. The zero-order valence-electron chi connectivity index (χ0n) is 12.9. The molecule has 0 bridgehead atoms.